The van der Waals surface area contributed by atoms with Crippen molar-refractivity contribution in [1.29, 1.82) is 0 Å². The molecule has 6 heteroatoms. The smallest absolute Gasteiger partial charge is 0.331 e. The molecular formula is C17H23NO5. The molecule has 0 unspecified atom stereocenters. The Morgan fingerprint density at radius 1 is 1.39 bits per heavy atom. The normalized spacial score (nSPS) is 12.0. The number of phenolic OH excluding ortho intramolecular Hbond substituents is 1. The van der Waals surface area contributed by atoms with Gasteiger partial charge in [0.05, 0.1) is 7.11 Å². The summed E-state index contributed by atoms with van der Waals surface area (Å²) in [5.74, 6) is -0.607. The second-order valence-corrected chi connectivity index (χ2v) is 5.13. The molecule has 0 aliphatic heterocycles. The van der Waals surface area contributed by atoms with Crippen molar-refractivity contribution in [3.05, 3.63) is 29.8 Å². The van der Waals surface area contributed by atoms with Gasteiger partial charge >= 0.3 is 5.97 Å². The molecule has 0 saturated carbocycles. The molecular weight excluding hydrogens is 298 g/mol. The number of ether oxygens (including phenoxy) is 2. The molecule has 126 valence electrons. The van der Waals surface area contributed by atoms with Crippen molar-refractivity contribution >= 4 is 18.0 Å². The van der Waals surface area contributed by atoms with Crippen LogP contribution in [0.5, 0.6) is 11.5 Å². The third kappa shape index (κ3) is 6.86. The van der Waals surface area contributed by atoms with E-state index < -0.39 is 5.97 Å². The fraction of sp³-hybridized carbons (Fsp3) is 0.412. The topological polar surface area (TPSA) is 84.9 Å². The fourth-order valence-corrected chi connectivity index (χ4v) is 1.97. The molecule has 1 aromatic rings. The lowest BCUT2D eigenvalue weighted by molar-refractivity contribution is -0.144. The third-order valence-corrected chi connectivity index (χ3v) is 3.09. The molecule has 0 aliphatic rings. The van der Waals surface area contributed by atoms with Crippen LogP contribution in [-0.2, 0) is 14.3 Å². The number of esters is 1. The van der Waals surface area contributed by atoms with Gasteiger partial charge in [0, 0.05) is 12.1 Å². The quantitative estimate of drug-likeness (QED) is 0.567. The Hall–Kier alpha value is -2.50. The zero-order valence-electron chi connectivity index (χ0n) is 13.7. The zero-order valence-corrected chi connectivity index (χ0v) is 13.7. The monoisotopic (exact) mass is 321 g/mol. The van der Waals surface area contributed by atoms with E-state index in [0.717, 1.165) is 12.8 Å². The number of rotatable bonds is 8. The first-order valence-electron chi connectivity index (χ1n) is 7.47. The molecule has 1 amide bonds. The Kier molecular flexibility index (Phi) is 7.66. The van der Waals surface area contributed by atoms with Crippen molar-refractivity contribution in [3.63, 3.8) is 0 Å². The van der Waals surface area contributed by atoms with Gasteiger partial charge in [0.25, 0.3) is 5.91 Å². The van der Waals surface area contributed by atoms with E-state index in [9.17, 15) is 14.7 Å². The molecule has 1 rings (SSSR count). The minimum Gasteiger partial charge on any atom is -0.504 e. The number of phenols is 1. The second-order valence-electron chi connectivity index (χ2n) is 5.13. The van der Waals surface area contributed by atoms with Crippen LogP contribution in [0.3, 0.4) is 0 Å². The van der Waals surface area contributed by atoms with Crippen LogP contribution in [0.2, 0.25) is 0 Å². The van der Waals surface area contributed by atoms with Gasteiger partial charge < -0.3 is 19.9 Å². The first-order valence-corrected chi connectivity index (χ1v) is 7.47. The maximum atomic E-state index is 11.6. The maximum absolute atomic E-state index is 11.6. The highest BCUT2D eigenvalue weighted by Crippen LogP contribution is 2.26. The molecule has 0 fully saturated rings. The van der Waals surface area contributed by atoms with E-state index in [0.29, 0.717) is 11.3 Å². The van der Waals surface area contributed by atoms with Crippen LogP contribution in [0.15, 0.2) is 24.3 Å². The van der Waals surface area contributed by atoms with Gasteiger partial charge in [-0.2, -0.15) is 0 Å². The highest BCUT2D eigenvalue weighted by atomic mass is 16.5. The largest absolute Gasteiger partial charge is 0.504 e. The summed E-state index contributed by atoms with van der Waals surface area (Å²) in [4.78, 5) is 23.2. The summed E-state index contributed by atoms with van der Waals surface area (Å²) >= 11 is 0. The predicted octanol–water partition coefficient (Wildman–Crippen LogP) is 2.26. The van der Waals surface area contributed by atoms with Crippen LogP contribution in [-0.4, -0.2) is 36.7 Å². The van der Waals surface area contributed by atoms with Gasteiger partial charge in [-0.05, 0) is 37.1 Å². The average molecular weight is 321 g/mol. The van der Waals surface area contributed by atoms with Crippen LogP contribution in [0.1, 0.15) is 32.3 Å². The standard InChI is InChI=1S/C17H23NO5/c1-4-5-12(2)18-16(20)11-23-17(21)9-7-13-6-8-14(19)15(10-13)22-3/h6-10,12,19H,4-5,11H2,1-3H3,(H,18,20)/b9-7+/t12-/m0/s1. The number of methoxy groups -OCH3 is 1. The molecule has 0 saturated heterocycles. The molecule has 6 nitrogen and oxygen atoms in total. The van der Waals surface area contributed by atoms with Crippen LogP contribution >= 0.6 is 0 Å². The highest BCUT2D eigenvalue weighted by molar-refractivity contribution is 5.89. The van der Waals surface area contributed by atoms with E-state index in [1.165, 1.54) is 25.3 Å². The summed E-state index contributed by atoms with van der Waals surface area (Å²) in [6.07, 6.45) is 4.58. The molecule has 1 atom stereocenters. The lowest BCUT2D eigenvalue weighted by Crippen LogP contribution is -2.35. The molecule has 0 spiro atoms. The summed E-state index contributed by atoms with van der Waals surface area (Å²) in [5.41, 5.74) is 0.664. The number of amides is 1. The molecule has 0 heterocycles. The summed E-state index contributed by atoms with van der Waals surface area (Å²) < 4.78 is 9.84. The van der Waals surface area contributed by atoms with Crippen molar-refractivity contribution in [2.24, 2.45) is 0 Å². The molecule has 0 radical (unpaired) electrons. The van der Waals surface area contributed by atoms with Gasteiger partial charge in [0.2, 0.25) is 0 Å². The third-order valence-electron chi connectivity index (χ3n) is 3.09. The summed E-state index contributed by atoms with van der Waals surface area (Å²) in [7, 11) is 1.44. The number of hydrogen-bond acceptors (Lipinski definition) is 5. The van der Waals surface area contributed by atoms with Gasteiger partial charge in [-0.15, -0.1) is 0 Å². The van der Waals surface area contributed by atoms with E-state index in [1.807, 2.05) is 13.8 Å². The summed E-state index contributed by atoms with van der Waals surface area (Å²) in [6, 6.07) is 4.73. The zero-order chi connectivity index (χ0) is 17.2. The summed E-state index contributed by atoms with van der Waals surface area (Å²) in [5, 5.41) is 12.2. The average Bonchev–Trinajstić information content (AvgIpc) is 2.52. The van der Waals surface area contributed by atoms with Crippen molar-refractivity contribution < 1.29 is 24.2 Å². The Morgan fingerprint density at radius 2 is 2.13 bits per heavy atom. The molecule has 0 bridgehead atoms. The van der Waals surface area contributed by atoms with Crippen molar-refractivity contribution in [2.45, 2.75) is 32.7 Å². The first-order chi connectivity index (χ1) is 11.0. The van der Waals surface area contributed by atoms with E-state index in [-0.39, 0.29) is 24.3 Å². The van der Waals surface area contributed by atoms with Crippen LogP contribution in [0.4, 0.5) is 0 Å². The number of hydrogen-bond donors (Lipinski definition) is 2. The highest BCUT2D eigenvalue weighted by Gasteiger charge is 2.08. The van der Waals surface area contributed by atoms with Crippen LogP contribution < -0.4 is 10.1 Å². The SMILES string of the molecule is CCC[C@H](C)NC(=O)COC(=O)/C=C/c1ccc(O)c(OC)c1. The number of carbonyl (C=O) groups excluding carboxylic acids is 2. The summed E-state index contributed by atoms with van der Waals surface area (Å²) in [6.45, 7) is 3.63. The number of carbonyl (C=O) groups is 2. The van der Waals surface area contributed by atoms with Crippen LogP contribution in [0, 0.1) is 0 Å². The van der Waals surface area contributed by atoms with Crippen molar-refractivity contribution in [2.75, 3.05) is 13.7 Å². The lowest BCUT2D eigenvalue weighted by atomic mass is 10.2. The van der Waals surface area contributed by atoms with Gasteiger partial charge in [-0.1, -0.05) is 19.4 Å². The molecule has 0 aliphatic carbocycles. The van der Waals surface area contributed by atoms with E-state index in [4.69, 9.17) is 9.47 Å². The van der Waals surface area contributed by atoms with Gasteiger partial charge in [-0.25, -0.2) is 4.79 Å². The van der Waals surface area contributed by atoms with Gasteiger partial charge in [-0.3, -0.25) is 4.79 Å². The first kappa shape index (κ1) is 18.5. The Bertz CT molecular complexity index is 568. The minimum absolute atomic E-state index is 0.0186. The Labute approximate surface area is 136 Å². The van der Waals surface area contributed by atoms with Crippen molar-refractivity contribution in [3.8, 4) is 11.5 Å². The van der Waals surface area contributed by atoms with Crippen molar-refractivity contribution in [1.82, 2.24) is 5.32 Å². The predicted molar refractivity (Wildman–Crippen MR) is 87.2 cm³/mol. The molecule has 23 heavy (non-hydrogen) atoms. The van der Waals surface area contributed by atoms with E-state index >= 15 is 0 Å². The lowest BCUT2D eigenvalue weighted by Gasteiger charge is -2.12. The number of aromatic hydroxyl groups is 1. The molecule has 0 aromatic heterocycles. The number of benzene rings is 1. The van der Waals surface area contributed by atoms with E-state index in [2.05, 4.69) is 5.32 Å². The minimum atomic E-state index is -0.615. The molecule has 2 N–H and O–H groups in total. The van der Waals surface area contributed by atoms with Crippen LogP contribution in [0.25, 0.3) is 6.08 Å². The number of nitrogens with one attached hydrogen (secondary N) is 1. The fourth-order valence-electron chi connectivity index (χ4n) is 1.97. The molecule has 1 aromatic carbocycles. The Morgan fingerprint density at radius 3 is 2.78 bits per heavy atom. The maximum Gasteiger partial charge on any atom is 0.331 e. The van der Waals surface area contributed by atoms with Gasteiger partial charge in [0.1, 0.15) is 0 Å². The Balaban J connectivity index is 2.45. The van der Waals surface area contributed by atoms with Gasteiger partial charge in [0.15, 0.2) is 18.1 Å². The second kappa shape index (κ2) is 9.50. The van der Waals surface area contributed by atoms with E-state index in [1.54, 1.807) is 12.1 Å².